The average Bonchev–Trinajstić information content (AvgIpc) is 2.33. The summed E-state index contributed by atoms with van der Waals surface area (Å²) in [4.78, 5) is 0. The van der Waals surface area contributed by atoms with Crippen molar-refractivity contribution < 1.29 is 4.74 Å². The van der Waals surface area contributed by atoms with E-state index >= 15 is 0 Å². The maximum Gasteiger partial charge on any atom is 0.142 e. The molecule has 0 saturated carbocycles. The highest BCUT2D eigenvalue weighted by atomic mass is 16.5. The highest BCUT2D eigenvalue weighted by molar-refractivity contribution is 5.56. The first kappa shape index (κ1) is 12.9. The van der Waals surface area contributed by atoms with Crippen LogP contribution in [0.1, 0.15) is 33.6 Å². The predicted octanol–water partition coefficient (Wildman–Crippen LogP) is 3.93. The fourth-order valence-electron chi connectivity index (χ4n) is 1.73. The third-order valence-electron chi connectivity index (χ3n) is 2.92. The third-order valence-corrected chi connectivity index (χ3v) is 2.92. The molecule has 1 aromatic carbocycles. The van der Waals surface area contributed by atoms with Crippen LogP contribution in [0, 0.1) is 5.92 Å². The summed E-state index contributed by atoms with van der Waals surface area (Å²) in [5.41, 5.74) is 1.11. The molecule has 0 heterocycles. The molecule has 0 spiro atoms. The molecule has 90 valence electrons. The molecule has 0 aliphatic carbocycles. The van der Waals surface area contributed by atoms with Crippen molar-refractivity contribution in [3.8, 4) is 5.75 Å². The number of anilines is 1. The minimum atomic E-state index is 0.712. The van der Waals surface area contributed by atoms with Crippen LogP contribution in [0.3, 0.4) is 0 Å². The number of hydrogen-bond donors (Lipinski definition) is 1. The second-order valence-corrected chi connectivity index (χ2v) is 3.99. The molecule has 0 amide bonds. The summed E-state index contributed by atoms with van der Waals surface area (Å²) in [5.74, 6) is 1.70. The Morgan fingerprint density at radius 3 is 2.44 bits per heavy atom. The lowest BCUT2D eigenvalue weighted by Crippen LogP contribution is -2.13. The average molecular weight is 221 g/mol. The molecular formula is C14H23NO. The zero-order chi connectivity index (χ0) is 11.8. The van der Waals surface area contributed by atoms with Gasteiger partial charge in [0.25, 0.3) is 0 Å². The number of nitrogens with one attached hydrogen (secondary N) is 1. The van der Waals surface area contributed by atoms with E-state index in [0.29, 0.717) is 6.61 Å². The third kappa shape index (κ3) is 3.76. The highest BCUT2D eigenvalue weighted by Crippen LogP contribution is 2.24. The lowest BCUT2D eigenvalue weighted by atomic mass is 10.0. The van der Waals surface area contributed by atoms with Gasteiger partial charge in [-0.2, -0.15) is 0 Å². The van der Waals surface area contributed by atoms with Crippen molar-refractivity contribution in [2.24, 2.45) is 5.92 Å². The maximum absolute atomic E-state index is 5.57. The molecule has 0 fully saturated rings. The Labute approximate surface area is 99.0 Å². The van der Waals surface area contributed by atoms with E-state index in [9.17, 15) is 0 Å². The smallest absolute Gasteiger partial charge is 0.142 e. The quantitative estimate of drug-likeness (QED) is 0.753. The fourth-order valence-corrected chi connectivity index (χ4v) is 1.73. The minimum absolute atomic E-state index is 0.712. The van der Waals surface area contributed by atoms with Crippen LogP contribution in [0.5, 0.6) is 5.75 Å². The normalized spacial score (nSPS) is 10.5. The Hall–Kier alpha value is -1.18. The summed E-state index contributed by atoms with van der Waals surface area (Å²) in [6.45, 7) is 8.23. The van der Waals surface area contributed by atoms with E-state index in [4.69, 9.17) is 4.74 Å². The van der Waals surface area contributed by atoms with Gasteiger partial charge >= 0.3 is 0 Å². The second-order valence-electron chi connectivity index (χ2n) is 3.99. The molecule has 2 nitrogen and oxygen atoms in total. The Morgan fingerprint density at radius 1 is 1.12 bits per heavy atom. The van der Waals surface area contributed by atoms with Crippen LogP contribution in [0.4, 0.5) is 5.69 Å². The van der Waals surface area contributed by atoms with Crippen molar-refractivity contribution in [2.75, 3.05) is 18.5 Å². The molecule has 16 heavy (non-hydrogen) atoms. The largest absolute Gasteiger partial charge is 0.492 e. The van der Waals surface area contributed by atoms with Gasteiger partial charge in [0.1, 0.15) is 5.75 Å². The van der Waals surface area contributed by atoms with Gasteiger partial charge in [-0.3, -0.25) is 0 Å². The summed E-state index contributed by atoms with van der Waals surface area (Å²) < 4.78 is 5.57. The molecule has 0 aromatic heterocycles. The summed E-state index contributed by atoms with van der Waals surface area (Å²) >= 11 is 0. The zero-order valence-electron chi connectivity index (χ0n) is 10.6. The Kier molecular flexibility index (Phi) is 5.76. The van der Waals surface area contributed by atoms with E-state index in [1.54, 1.807) is 0 Å². The van der Waals surface area contributed by atoms with Crippen molar-refractivity contribution in [1.29, 1.82) is 0 Å². The molecule has 0 saturated heterocycles. The standard InChI is InChI=1S/C14H23NO/c1-4-12(5-2)11-15-13-9-7-8-10-14(13)16-6-3/h7-10,12,15H,4-6,11H2,1-3H3. The first-order valence-electron chi connectivity index (χ1n) is 6.27. The van der Waals surface area contributed by atoms with Gasteiger partial charge in [-0.1, -0.05) is 38.8 Å². The molecule has 1 N–H and O–H groups in total. The van der Waals surface area contributed by atoms with Gasteiger partial charge in [-0.15, -0.1) is 0 Å². The summed E-state index contributed by atoms with van der Waals surface area (Å²) in [6.07, 6.45) is 2.45. The van der Waals surface area contributed by atoms with Gasteiger partial charge in [-0.05, 0) is 25.0 Å². The fraction of sp³-hybridized carbons (Fsp3) is 0.571. The topological polar surface area (TPSA) is 21.3 Å². The maximum atomic E-state index is 5.57. The van der Waals surface area contributed by atoms with Crippen molar-refractivity contribution in [1.82, 2.24) is 0 Å². The molecule has 1 rings (SSSR count). The van der Waals surface area contributed by atoms with Crippen LogP contribution in [-0.4, -0.2) is 13.2 Å². The summed E-state index contributed by atoms with van der Waals surface area (Å²) in [7, 11) is 0. The molecule has 0 radical (unpaired) electrons. The van der Waals surface area contributed by atoms with E-state index in [0.717, 1.165) is 23.9 Å². The summed E-state index contributed by atoms with van der Waals surface area (Å²) in [6, 6.07) is 8.14. The summed E-state index contributed by atoms with van der Waals surface area (Å²) in [5, 5.41) is 3.48. The number of para-hydroxylation sites is 2. The highest BCUT2D eigenvalue weighted by Gasteiger charge is 2.05. The Balaban J connectivity index is 2.58. The van der Waals surface area contributed by atoms with Crippen molar-refractivity contribution in [3.63, 3.8) is 0 Å². The van der Waals surface area contributed by atoms with Crippen molar-refractivity contribution in [2.45, 2.75) is 33.6 Å². The molecule has 0 bridgehead atoms. The van der Waals surface area contributed by atoms with Crippen LogP contribution >= 0.6 is 0 Å². The van der Waals surface area contributed by atoms with E-state index in [-0.39, 0.29) is 0 Å². The van der Waals surface area contributed by atoms with E-state index in [2.05, 4.69) is 25.2 Å². The predicted molar refractivity (Wildman–Crippen MR) is 70.2 cm³/mol. The number of hydrogen-bond acceptors (Lipinski definition) is 2. The van der Waals surface area contributed by atoms with Crippen LogP contribution in [-0.2, 0) is 0 Å². The van der Waals surface area contributed by atoms with Crippen LogP contribution in [0.2, 0.25) is 0 Å². The van der Waals surface area contributed by atoms with Gasteiger partial charge < -0.3 is 10.1 Å². The molecule has 1 aromatic rings. The van der Waals surface area contributed by atoms with Gasteiger partial charge in [0.15, 0.2) is 0 Å². The van der Waals surface area contributed by atoms with Crippen LogP contribution in [0.25, 0.3) is 0 Å². The lowest BCUT2D eigenvalue weighted by molar-refractivity contribution is 0.341. The molecule has 0 aliphatic heterocycles. The van der Waals surface area contributed by atoms with Gasteiger partial charge in [0.05, 0.1) is 12.3 Å². The zero-order valence-corrected chi connectivity index (χ0v) is 10.6. The van der Waals surface area contributed by atoms with Gasteiger partial charge in [0.2, 0.25) is 0 Å². The van der Waals surface area contributed by atoms with Gasteiger partial charge in [-0.25, -0.2) is 0 Å². The van der Waals surface area contributed by atoms with Crippen molar-refractivity contribution >= 4 is 5.69 Å². The minimum Gasteiger partial charge on any atom is -0.492 e. The second kappa shape index (κ2) is 7.15. The number of benzene rings is 1. The molecule has 0 atom stereocenters. The number of ether oxygens (including phenoxy) is 1. The Bertz CT molecular complexity index is 295. The van der Waals surface area contributed by atoms with Crippen LogP contribution in [0.15, 0.2) is 24.3 Å². The Morgan fingerprint density at radius 2 is 1.81 bits per heavy atom. The van der Waals surface area contributed by atoms with Gasteiger partial charge in [0, 0.05) is 6.54 Å². The molecule has 2 heteroatoms. The first-order valence-corrected chi connectivity index (χ1v) is 6.27. The van der Waals surface area contributed by atoms with E-state index in [1.807, 2.05) is 25.1 Å². The van der Waals surface area contributed by atoms with E-state index in [1.165, 1.54) is 12.8 Å². The SMILES string of the molecule is CCOc1ccccc1NCC(CC)CC. The lowest BCUT2D eigenvalue weighted by Gasteiger charge is -2.16. The molecule has 0 unspecified atom stereocenters. The molecular weight excluding hydrogens is 198 g/mol. The first-order chi connectivity index (χ1) is 7.81. The van der Waals surface area contributed by atoms with E-state index < -0.39 is 0 Å². The van der Waals surface area contributed by atoms with Crippen molar-refractivity contribution in [3.05, 3.63) is 24.3 Å². The monoisotopic (exact) mass is 221 g/mol. The molecule has 0 aliphatic rings. The van der Waals surface area contributed by atoms with Crippen LogP contribution < -0.4 is 10.1 Å². The number of rotatable bonds is 7.